The molecule has 1 saturated carbocycles. The van der Waals surface area contributed by atoms with E-state index >= 15 is 0 Å². The van der Waals surface area contributed by atoms with E-state index in [1.807, 2.05) is 48.7 Å². The summed E-state index contributed by atoms with van der Waals surface area (Å²) in [5, 5.41) is 5.12. The highest BCUT2D eigenvalue weighted by Gasteiger charge is 2.35. The molecule has 0 aliphatic heterocycles. The Morgan fingerprint density at radius 1 is 1.10 bits per heavy atom. The van der Waals surface area contributed by atoms with E-state index in [4.69, 9.17) is 4.42 Å². The van der Waals surface area contributed by atoms with Crippen molar-refractivity contribution >= 4 is 23.2 Å². The van der Waals surface area contributed by atoms with Crippen molar-refractivity contribution in [2.45, 2.75) is 57.7 Å². The summed E-state index contributed by atoms with van der Waals surface area (Å²) in [6.07, 6.45) is 7.05. The SMILES string of the molecule is Cc1ccccc1C(C(=O)NC1CCCCC1)N(Cc1ccco1)C(=O)c1cccs1. The maximum absolute atomic E-state index is 13.7. The third-order valence-electron chi connectivity index (χ3n) is 5.89. The second-order valence-electron chi connectivity index (χ2n) is 8.09. The van der Waals surface area contributed by atoms with Gasteiger partial charge in [-0.3, -0.25) is 9.59 Å². The molecule has 0 bridgehead atoms. The molecule has 2 aromatic heterocycles. The molecule has 6 heteroatoms. The number of amides is 2. The van der Waals surface area contributed by atoms with Gasteiger partial charge in [-0.1, -0.05) is 49.6 Å². The quantitative estimate of drug-likeness (QED) is 0.533. The van der Waals surface area contributed by atoms with Crippen LogP contribution >= 0.6 is 11.3 Å². The van der Waals surface area contributed by atoms with Crippen LogP contribution < -0.4 is 5.32 Å². The van der Waals surface area contributed by atoms with Gasteiger partial charge in [0.15, 0.2) is 0 Å². The first kappa shape index (κ1) is 21.4. The van der Waals surface area contributed by atoms with E-state index < -0.39 is 6.04 Å². The topological polar surface area (TPSA) is 62.6 Å². The van der Waals surface area contributed by atoms with Gasteiger partial charge in [-0.15, -0.1) is 11.3 Å². The molecule has 3 aromatic rings. The van der Waals surface area contributed by atoms with Crippen LogP contribution in [0.4, 0.5) is 0 Å². The minimum atomic E-state index is -0.733. The molecular formula is C25H28N2O3S. The lowest BCUT2D eigenvalue weighted by Gasteiger charge is -2.33. The fraction of sp³-hybridized carbons (Fsp3) is 0.360. The zero-order chi connectivity index (χ0) is 21.6. The van der Waals surface area contributed by atoms with Crippen LogP contribution in [-0.4, -0.2) is 22.8 Å². The van der Waals surface area contributed by atoms with E-state index in [9.17, 15) is 9.59 Å². The molecule has 1 fully saturated rings. The number of nitrogens with zero attached hydrogens (tertiary/aromatic N) is 1. The van der Waals surface area contributed by atoms with Gasteiger partial charge >= 0.3 is 0 Å². The second-order valence-corrected chi connectivity index (χ2v) is 9.04. The molecule has 0 radical (unpaired) electrons. The van der Waals surface area contributed by atoms with Gasteiger partial charge in [0.1, 0.15) is 11.8 Å². The van der Waals surface area contributed by atoms with Crippen molar-refractivity contribution in [3.8, 4) is 0 Å². The van der Waals surface area contributed by atoms with Gasteiger partial charge in [-0.05, 0) is 54.5 Å². The molecule has 4 rings (SSSR count). The summed E-state index contributed by atoms with van der Waals surface area (Å²) in [4.78, 5) is 29.5. The van der Waals surface area contributed by atoms with Crippen molar-refractivity contribution in [1.82, 2.24) is 10.2 Å². The third kappa shape index (κ3) is 5.07. The zero-order valence-corrected chi connectivity index (χ0v) is 18.6. The number of aryl methyl sites for hydroxylation is 1. The summed E-state index contributed by atoms with van der Waals surface area (Å²) in [7, 11) is 0. The number of benzene rings is 1. The van der Waals surface area contributed by atoms with E-state index in [0.717, 1.165) is 36.8 Å². The maximum atomic E-state index is 13.7. The van der Waals surface area contributed by atoms with Gasteiger partial charge in [0.25, 0.3) is 5.91 Å². The molecule has 1 atom stereocenters. The van der Waals surface area contributed by atoms with Crippen LogP contribution in [0.5, 0.6) is 0 Å². The fourth-order valence-corrected chi connectivity index (χ4v) is 4.94. The zero-order valence-electron chi connectivity index (χ0n) is 17.8. The van der Waals surface area contributed by atoms with Crippen LogP contribution in [-0.2, 0) is 11.3 Å². The predicted octanol–water partition coefficient (Wildman–Crippen LogP) is 5.48. The normalized spacial score (nSPS) is 15.4. The molecule has 31 heavy (non-hydrogen) atoms. The van der Waals surface area contributed by atoms with Gasteiger partial charge in [0, 0.05) is 6.04 Å². The highest BCUT2D eigenvalue weighted by molar-refractivity contribution is 7.12. The Balaban J connectivity index is 1.72. The summed E-state index contributed by atoms with van der Waals surface area (Å²) in [5.74, 6) is 0.352. The molecule has 1 unspecified atom stereocenters. The first-order chi connectivity index (χ1) is 15.1. The smallest absolute Gasteiger partial charge is 0.265 e. The summed E-state index contributed by atoms with van der Waals surface area (Å²) in [6.45, 7) is 2.21. The Morgan fingerprint density at radius 2 is 1.90 bits per heavy atom. The maximum Gasteiger partial charge on any atom is 0.265 e. The first-order valence-corrected chi connectivity index (χ1v) is 11.7. The van der Waals surface area contributed by atoms with E-state index in [-0.39, 0.29) is 24.4 Å². The number of rotatable bonds is 7. The predicted molar refractivity (Wildman–Crippen MR) is 122 cm³/mol. The van der Waals surface area contributed by atoms with Crippen molar-refractivity contribution in [2.75, 3.05) is 0 Å². The Labute approximate surface area is 187 Å². The van der Waals surface area contributed by atoms with Crippen molar-refractivity contribution in [3.63, 3.8) is 0 Å². The average Bonchev–Trinajstić information content (AvgIpc) is 3.49. The lowest BCUT2D eigenvalue weighted by Crippen LogP contribution is -2.47. The molecule has 1 aliphatic carbocycles. The molecule has 0 saturated heterocycles. The van der Waals surface area contributed by atoms with E-state index in [2.05, 4.69) is 5.32 Å². The molecule has 1 aromatic carbocycles. The highest BCUT2D eigenvalue weighted by Crippen LogP contribution is 2.30. The Bertz CT molecular complexity index is 992. The lowest BCUT2D eigenvalue weighted by molar-refractivity contribution is -0.127. The van der Waals surface area contributed by atoms with Gasteiger partial charge in [-0.25, -0.2) is 0 Å². The standard InChI is InChI=1S/C25H28N2O3S/c1-18-9-5-6-13-21(18)23(24(28)26-19-10-3-2-4-11-19)27(17-20-12-7-15-30-20)25(29)22-14-8-16-31-22/h5-9,12-16,19,23H,2-4,10-11,17H2,1H3,(H,26,28). The highest BCUT2D eigenvalue weighted by atomic mass is 32.1. The molecule has 2 heterocycles. The summed E-state index contributed by atoms with van der Waals surface area (Å²) in [6, 6.07) is 14.5. The largest absolute Gasteiger partial charge is 0.467 e. The van der Waals surface area contributed by atoms with E-state index in [1.165, 1.54) is 17.8 Å². The number of carbonyl (C=O) groups is 2. The van der Waals surface area contributed by atoms with Crippen LogP contribution in [0.3, 0.4) is 0 Å². The van der Waals surface area contributed by atoms with Crippen LogP contribution in [0.15, 0.2) is 64.6 Å². The molecule has 2 amide bonds. The van der Waals surface area contributed by atoms with Crippen LogP contribution in [0, 0.1) is 6.92 Å². The Kier molecular flexibility index (Phi) is 6.87. The van der Waals surface area contributed by atoms with Crippen molar-refractivity contribution in [2.24, 2.45) is 0 Å². The molecule has 0 spiro atoms. The first-order valence-electron chi connectivity index (χ1n) is 10.9. The number of hydrogen-bond donors (Lipinski definition) is 1. The minimum absolute atomic E-state index is 0.127. The average molecular weight is 437 g/mol. The molecule has 5 nitrogen and oxygen atoms in total. The number of furan rings is 1. The van der Waals surface area contributed by atoms with Crippen LogP contribution in [0.25, 0.3) is 0 Å². The fourth-order valence-electron chi connectivity index (χ4n) is 4.26. The van der Waals surface area contributed by atoms with E-state index in [0.29, 0.717) is 10.6 Å². The monoisotopic (exact) mass is 436 g/mol. The van der Waals surface area contributed by atoms with Gasteiger partial charge in [0.05, 0.1) is 17.7 Å². The summed E-state index contributed by atoms with van der Waals surface area (Å²) < 4.78 is 5.56. The minimum Gasteiger partial charge on any atom is -0.467 e. The molecule has 1 aliphatic rings. The van der Waals surface area contributed by atoms with Crippen molar-refractivity contribution < 1.29 is 14.0 Å². The number of carbonyl (C=O) groups excluding carboxylic acids is 2. The Hall–Kier alpha value is -2.86. The summed E-state index contributed by atoms with van der Waals surface area (Å²) in [5.41, 5.74) is 1.82. The van der Waals surface area contributed by atoms with Gasteiger partial charge in [0.2, 0.25) is 5.91 Å². The van der Waals surface area contributed by atoms with Gasteiger partial charge < -0.3 is 14.6 Å². The number of thiophene rings is 1. The van der Waals surface area contributed by atoms with E-state index in [1.54, 1.807) is 23.3 Å². The molecule has 1 N–H and O–H groups in total. The van der Waals surface area contributed by atoms with Gasteiger partial charge in [-0.2, -0.15) is 0 Å². The second kappa shape index (κ2) is 9.96. The lowest BCUT2D eigenvalue weighted by atomic mass is 9.94. The molecule has 162 valence electrons. The van der Waals surface area contributed by atoms with Crippen molar-refractivity contribution in [1.29, 1.82) is 0 Å². The van der Waals surface area contributed by atoms with Crippen molar-refractivity contribution in [3.05, 3.63) is 81.9 Å². The number of nitrogens with one attached hydrogen (secondary N) is 1. The number of hydrogen-bond acceptors (Lipinski definition) is 4. The Morgan fingerprint density at radius 3 is 2.58 bits per heavy atom. The molecular weight excluding hydrogens is 408 g/mol. The third-order valence-corrected chi connectivity index (χ3v) is 6.75. The summed E-state index contributed by atoms with van der Waals surface area (Å²) >= 11 is 1.38. The van der Waals surface area contributed by atoms with Crippen LogP contribution in [0.2, 0.25) is 0 Å². The van der Waals surface area contributed by atoms with Crippen LogP contribution in [0.1, 0.15) is 64.7 Å².